The first-order chi connectivity index (χ1) is 8.97. The Hall–Kier alpha value is -1.56. The van der Waals surface area contributed by atoms with Crippen LogP contribution in [-0.2, 0) is 12.8 Å². The molecule has 0 bridgehead atoms. The Labute approximate surface area is 116 Å². The molecule has 0 atom stereocenters. The number of ether oxygens (including phenoxy) is 1. The van der Waals surface area contributed by atoms with Gasteiger partial charge in [-0.2, -0.15) is 13.2 Å². The van der Waals surface area contributed by atoms with Gasteiger partial charge in [0.15, 0.2) is 0 Å². The summed E-state index contributed by atoms with van der Waals surface area (Å²) in [7, 11) is 0. The summed E-state index contributed by atoms with van der Waals surface area (Å²) < 4.78 is 42.9. The van der Waals surface area contributed by atoms with Crippen LogP contribution in [0.5, 0.6) is 5.88 Å². The second kappa shape index (κ2) is 5.61. The third kappa shape index (κ3) is 3.70. The molecule has 0 aliphatic heterocycles. The minimum absolute atomic E-state index is 0.136. The van der Waals surface area contributed by atoms with Crippen LogP contribution >= 0.6 is 15.9 Å². The van der Waals surface area contributed by atoms with E-state index in [0.717, 1.165) is 17.8 Å². The van der Waals surface area contributed by atoms with Crippen molar-refractivity contribution in [2.24, 2.45) is 0 Å². The van der Waals surface area contributed by atoms with E-state index in [9.17, 15) is 13.2 Å². The lowest BCUT2D eigenvalue weighted by molar-refractivity contribution is -0.137. The second-order valence-corrected chi connectivity index (χ2v) is 4.64. The summed E-state index contributed by atoms with van der Waals surface area (Å²) in [6, 6.07) is 10.3. The second-order valence-electron chi connectivity index (χ2n) is 3.78. The molecule has 0 amide bonds. The van der Waals surface area contributed by atoms with Gasteiger partial charge in [-0.1, -0.05) is 30.3 Å². The third-order valence-electron chi connectivity index (χ3n) is 2.35. The van der Waals surface area contributed by atoms with Crippen LogP contribution < -0.4 is 4.74 Å². The van der Waals surface area contributed by atoms with Gasteiger partial charge in [-0.05, 0) is 27.6 Å². The van der Waals surface area contributed by atoms with Gasteiger partial charge in [0.2, 0.25) is 5.88 Å². The van der Waals surface area contributed by atoms with Crippen LogP contribution in [0.25, 0.3) is 0 Å². The molecule has 2 nitrogen and oxygen atoms in total. The Morgan fingerprint density at radius 2 is 1.84 bits per heavy atom. The first kappa shape index (κ1) is 13.9. The number of rotatable bonds is 3. The van der Waals surface area contributed by atoms with Gasteiger partial charge in [0.1, 0.15) is 6.61 Å². The summed E-state index contributed by atoms with van der Waals surface area (Å²) in [6.07, 6.45) is -3.65. The molecule has 1 heterocycles. The fourth-order valence-electron chi connectivity index (χ4n) is 1.41. The third-order valence-corrected chi connectivity index (χ3v) is 2.92. The van der Waals surface area contributed by atoms with Crippen molar-refractivity contribution >= 4 is 15.9 Å². The molecule has 0 radical (unpaired) electrons. The van der Waals surface area contributed by atoms with Crippen LogP contribution in [-0.4, -0.2) is 4.98 Å². The standard InChI is InChI=1S/C13H9BrF3NO/c14-11-6-10(13(15,16)17)7-18-12(11)19-8-9-4-2-1-3-5-9/h1-7H,8H2. The smallest absolute Gasteiger partial charge is 0.417 e. The van der Waals surface area contributed by atoms with E-state index in [1.807, 2.05) is 30.3 Å². The van der Waals surface area contributed by atoms with E-state index >= 15 is 0 Å². The molecule has 2 rings (SSSR count). The molecule has 6 heteroatoms. The highest BCUT2D eigenvalue weighted by molar-refractivity contribution is 9.10. The van der Waals surface area contributed by atoms with Crippen LogP contribution in [0.4, 0.5) is 13.2 Å². The van der Waals surface area contributed by atoms with E-state index in [-0.39, 0.29) is 17.0 Å². The number of alkyl halides is 3. The Morgan fingerprint density at radius 1 is 1.16 bits per heavy atom. The zero-order valence-electron chi connectivity index (χ0n) is 9.62. The quantitative estimate of drug-likeness (QED) is 0.829. The van der Waals surface area contributed by atoms with Gasteiger partial charge in [0.25, 0.3) is 0 Å². The molecule has 2 aromatic rings. The Balaban J connectivity index is 2.10. The van der Waals surface area contributed by atoms with Crippen molar-refractivity contribution in [1.29, 1.82) is 0 Å². The zero-order chi connectivity index (χ0) is 13.9. The molecular weight excluding hydrogens is 323 g/mol. The van der Waals surface area contributed by atoms with Crippen molar-refractivity contribution in [2.45, 2.75) is 12.8 Å². The number of nitrogens with zero attached hydrogens (tertiary/aromatic N) is 1. The number of benzene rings is 1. The van der Waals surface area contributed by atoms with Gasteiger partial charge in [-0.15, -0.1) is 0 Å². The molecule has 100 valence electrons. The van der Waals surface area contributed by atoms with Crippen molar-refractivity contribution in [3.8, 4) is 5.88 Å². The summed E-state index contributed by atoms with van der Waals surface area (Å²) >= 11 is 3.03. The van der Waals surface area contributed by atoms with Crippen molar-refractivity contribution in [3.05, 3.63) is 58.2 Å². The van der Waals surface area contributed by atoms with Crippen LogP contribution in [0.2, 0.25) is 0 Å². The van der Waals surface area contributed by atoms with Gasteiger partial charge >= 0.3 is 6.18 Å². The van der Waals surface area contributed by atoms with Crippen molar-refractivity contribution in [2.75, 3.05) is 0 Å². The van der Waals surface area contributed by atoms with E-state index in [1.165, 1.54) is 0 Å². The molecule has 19 heavy (non-hydrogen) atoms. The maximum absolute atomic E-state index is 12.4. The maximum atomic E-state index is 12.4. The summed E-state index contributed by atoms with van der Waals surface area (Å²) in [5.74, 6) is 0.136. The molecule has 0 aliphatic rings. The van der Waals surface area contributed by atoms with Crippen LogP contribution in [0.1, 0.15) is 11.1 Å². The van der Waals surface area contributed by atoms with E-state index in [0.29, 0.717) is 0 Å². The SMILES string of the molecule is FC(F)(F)c1cnc(OCc2ccccc2)c(Br)c1. The molecule has 0 unspecified atom stereocenters. The summed E-state index contributed by atoms with van der Waals surface area (Å²) in [4.78, 5) is 3.67. The first-order valence-corrected chi connectivity index (χ1v) is 6.15. The Morgan fingerprint density at radius 3 is 2.42 bits per heavy atom. The predicted octanol–water partition coefficient (Wildman–Crippen LogP) is 4.44. The largest absolute Gasteiger partial charge is 0.472 e. The minimum Gasteiger partial charge on any atom is -0.472 e. The molecule has 1 aromatic heterocycles. The lowest BCUT2D eigenvalue weighted by Crippen LogP contribution is -2.06. The molecular formula is C13H9BrF3NO. The maximum Gasteiger partial charge on any atom is 0.417 e. The summed E-state index contributed by atoms with van der Waals surface area (Å²) in [5, 5.41) is 0. The lowest BCUT2D eigenvalue weighted by atomic mass is 10.2. The summed E-state index contributed by atoms with van der Waals surface area (Å²) in [6.45, 7) is 0.248. The normalized spacial score (nSPS) is 11.4. The molecule has 0 N–H and O–H groups in total. The number of pyridine rings is 1. The molecule has 0 spiro atoms. The molecule has 1 aromatic carbocycles. The van der Waals surface area contributed by atoms with Crippen LogP contribution in [0.15, 0.2) is 47.1 Å². The number of hydrogen-bond donors (Lipinski definition) is 0. The van der Waals surface area contributed by atoms with Gasteiger partial charge in [0.05, 0.1) is 10.0 Å². The molecule has 0 saturated heterocycles. The average molecular weight is 332 g/mol. The van der Waals surface area contributed by atoms with Crippen LogP contribution in [0.3, 0.4) is 0 Å². The van der Waals surface area contributed by atoms with Crippen LogP contribution in [0, 0.1) is 0 Å². The van der Waals surface area contributed by atoms with Gasteiger partial charge < -0.3 is 4.74 Å². The van der Waals surface area contributed by atoms with E-state index in [4.69, 9.17) is 4.74 Å². The molecule has 0 saturated carbocycles. The fraction of sp³-hybridized carbons (Fsp3) is 0.154. The monoisotopic (exact) mass is 331 g/mol. The Kier molecular flexibility index (Phi) is 4.09. The molecule has 0 aliphatic carbocycles. The van der Waals surface area contributed by atoms with Gasteiger partial charge in [0, 0.05) is 6.20 Å². The predicted molar refractivity (Wildman–Crippen MR) is 67.7 cm³/mol. The van der Waals surface area contributed by atoms with Gasteiger partial charge in [-0.3, -0.25) is 0 Å². The first-order valence-electron chi connectivity index (χ1n) is 5.36. The summed E-state index contributed by atoms with van der Waals surface area (Å²) in [5.41, 5.74) is 0.0996. The number of aromatic nitrogens is 1. The van der Waals surface area contributed by atoms with Crippen molar-refractivity contribution < 1.29 is 17.9 Å². The van der Waals surface area contributed by atoms with Crippen molar-refractivity contribution in [1.82, 2.24) is 4.98 Å². The number of halogens is 4. The highest BCUT2D eigenvalue weighted by atomic mass is 79.9. The van der Waals surface area contributed by atoms with E-state index in [2.05, 4.69) is 20.9 Å². The Bertz CT molecular complexity index is 558. The molecule has 0 fully saturated rings. The lowest BCUT2D eigenvalue weighted by Gasteiger charge is -2.10. The zero-order valence-corrected chi connectivity index (χ0v) is 11.2. The van der Waals surface area contributed by atoms with E-state index in [1.54, 1.807) is 0 Å². The van der Waals surface area contributed by atoms with Gasteiger partial charge in [-0.25, -0.2) is 4.98 Å². The average Bonchev–Trinajstić information content (AvgIpc) is 2.37. The topological polar surface area (TPSA) is 22.1 Å². The highest BCUT2D eigenvalue weighted by Crippen LogP contribution is 2.33. The highest BCUT2D eigenvalue weighted by Gasteiger charge is 2.31. The minimum atomic E-state index is -4.41. The fourth-order valence-corrected chi connectivity index (χ4v) is 1.88. The van der Waals surface area contributed by atoms with E-state index < -0.39 is 11.7 Å². The van der Waals surface area contributed by atoms with Crippen molar-refractivity contribution in [3.63, 3.8) is 0 Å². The number of hydrogen-bond acceptors (Lipinski definition) is 2.